The standard InChI is InChI=1S/C38H48N6O5S2/c1-25(2)34(43-37(47)44(3)21-30-23-50-36(40-30)28-15-10-16-28)35(46)42-32(18-27-13-8-5-9-14-27)33(45)19-29(17-26-11-6-4-7-12-26)41-38(48)49-22-31-20-39-24-51-31/h4-9,11-14,20,23-25,28-29,32-34,45H,10,15-19,21-22H2,1-3H3,(H,41,48)(H,42,46)(H,43,47)/t29-,32-,33-,34?/m0/s1. The van der Waals surface area contributed by atoms with Crippen LogP contribution in [0.25, 0.3) is 0 Å². The Balaban J connectivity index is 1.26. The number of urea groups is 1. The van der Waals surface area contributed by atoms with Gasteiger partial charge in [0.05, 0.1) is 39.8 Å². The number of hydrogen-bond donors (Lipinski definition) is 4. The first-order valence-electron chi connectivity index (χ1n) is 17.5. The molecule has 0 saturated heterocycles. The van der Waals surface area contributed by atoms with Gasteiger partial charge in [0.15, 0.2) is 0 Å². The van der Waals surface area contributed by atoms with Crippen LogP contribution in [0.2, 0.25) is 0 Å². The van der Waals surface area contributed by atoms with Crippen LogP contribution < -0.4 is 16.0 Å². The number of thiazole rings is 2. The highest BCUT2D eigenvalue weighted by Crippen LogP contribution is 2.37. The van der Waals surface area contributed by atoms with Gasteiger partial charge < -0.3 is 30.7 Å². The van der Waals surface area contributed by atoms with E-state index in [1.807, 2.05) is 79.9 Å². The number of ether oxygens (including phenoxy) is 1. The quantitative estimate of drug-likeness (QED) is 0.103. The predicted molar refractivity (Wildman–Crippen MR) is 199 cm³/mol. The second kappa shape index (κ2) is 18.8. The van der Waals surface area contributed by atoms with Gasteiger partial charge in [-0.05, 0) is 49.1 Å². The molecule has 1 saturated carbocycles. The highest BCUT2D eigenvalue weighted by Gasteiger charge is 2.32. The summed E-state index contributed by atoms with van der Waals surface area (Å²) in [7, 11) is 1.69. The van der Waals surface area contributed by atoms with Crippen molar-refractivity contribution in [3.63, 3.8) is 0 Å². The Morgan fingerprint density at radius 3 is 2.25 bits per heavy atom. The Kier molecular flexibility index (Phi) is 14.0. The molecule has 272 valence electrons. The van der Waals surface area contributed by atoms with E-state index in [-0.39, 0.29) is 25.0 Å². The van der Waals surface area contributed by atoms with Crippen LogP contribution in [0, 0.1) is 5.92 Å². The zero-order valence-electron chi connectivity index (χ0n) is 29.4. The van der Waals surface area contributed by atoms with E-state index in [2.05, 4.69) is 20.9 Å². The van der Waals surface area contributed by atoms with Gasteiger partial charge in [-0.2, -0.15) is 0 Å². The van der Waals surface area contributed by atoms with Gasteiger partial charge in [-0.25, -0.2) is 14.6 Å². The number of benzene rings is 2. The van der Waals surface area contributed by atoms with Crippen molar-refractivity contribution in [1.29, 1.82) is 0 Å². The molecule has 0 aliphatic heterocycles. The number of alkyl carbamates (subject to hydrolysis) is 1. The first-order valence-corrected chi connectivity index (χ1v) is 19.2. The van der Waals surface area contributed by atoms with Gasteiger partial charge in [0.25, 0.3) is 0 Å². The molecule has 4 atom stereocenters. The summed E-state index contributed by atoms with van der Waals surface area (Å²) in [6.07, 6.45) is 4.48. The number of aliphatic hydroxyl groups excluding tert-OH is 1. The Morgan fingerprint density at radius 1 is 0.961 bits per heavy atom. The Morgan fingerprint density at radius 2 is 1.65 bits per heavy atom. The van der Waals surface area contributed by atoms with Gasteiger partial charge in [0, 0.05) is 30.6 Å². The average Bonchev–Trinajstić information content (AvgIpc) is 3.78. The zero-order valence-corrected chi connectivity index (χ0v) is 31.0. The van der Waals surface area contributed by atoms with Crippen molar-refractivity contribution in [2.45, 2.75) is 95.7 Å². The minimum absolute atomic E-state index is 0.0899. The van der Waals surface area contributed by atoms with Gasteiger partial charge >= 0.3 is 12.1 Å². The fraction of sp³-hybridized carbons (Fsp3) is 0.447. The van der Waals surface area contributed by atoms with Crippen LogP contribution in [0.5, 0.6) is 0 Å². The van der Waals surface area contributed by atoms with Crippen molar-refractivity contribution >= 4 is 40.7 Å². The van der Waals surface area contributed by atoms with Gasteiger partial charge in [0.1, 0.15) is 12.6 Å². The molecule has 1 aliphatic carbocycles. The lowest BCUT2D eigenvalue weighted by Gasteiger charge is -2.31. The molecular formula is C38H48N6O5S2. The van der Waals surface area contributed by atoms with Crippen LogP contribution in [-0.4, -0.2) is 69.3 Å². The minimum atomic E-state index is -1.05. The molecule has 2 heterocycles. The third-order valence-electron chi connectivity index (χ3n) is 9.09. The van der Waals surface area contributed by atoms with Crippen molar-refractivity contribution < 1.29 is 24.2 Å². The van der Waals surface area contributed by atoms with E-state index < -0.39 is 36.2 Å². The summed E-state index contributed by atoms with van der Waals surface area (Å²) in [5.41, 5.74) is 4.41. The van der Waals surface area contributed by atoms with E-state index in [0.717, 1.165) is 26.7 Å². The topological polar surface area (TPSA) is 146 Å². The van der Waals surface area contributed by atoms with Crippen LogP contribution >= 0.6 is 22.7 Å². The largest absolute Gasteiger partial charge is 0.444 e. The number of nitrogens with one attached hydrogen (secondary N) is 3. The number of hydrogen-bond acceptors (Lipinski definition) is 9. The molecule has 1 fully saturated rings. The summed E-state index contributed by atoms with van der Waals surface area (Å²) < 4.78 is 5.45. The van der Waals surface area contributed by atoms with Crippen LogP contribution in [0.15, 0.2) is 77.8 Å². The number of rotatable bonds is 17. The summed E-state index contributed by atoms with van der Waals surface area (Å²) in [6, 6.07) is 16.8. The van der Waals surface area contributed by atoms with Gasteiger partial charge in [-0.3, -0.25) is 9.78 Å². The zero-order chi connectivity index (χ0) is 36.2. The second-order valence-corrected chi connectivity index (χ2v) is 15.4. The number of nitrogens with zero attached hydrogens (tertiary/aromatic N) is 3. The first kappa shape index (κ1) is 37.9. The number of aliphatic hydroxyl groups is 1. The van der Waals surface area contributed by atoms with E-state index in [1.165, 1.54) is 35.5 Å². The molecule has 2 aromatic carbocycles. The Hall–Kier alpha value is -4.33. The molecule has 2 aromatic heterocycles. The van der Waals surface area contributed by atoms with Crippen LogP contribution in [0.4, 0.5) is 9.59 Å². The van der Waals surface area contributed by atoms with Crippen molar-refractivity contribution in [2.75, 3.05) is 7.05 Å². The SMILES string of the molecule is CC(C)C(NC(=O)N(C)Cc1csc(C2CCC2)n1)C(=O)N[C@@H](Cc1ccccc1)[C@@H](O)C[C@H](Cc1ccccc1)NC(=O)OCc1cncs1. The molecular weight excluding hydrogens is 685 g/mol. The highest BCUT2D eigenvalue weighted by atomic mass is 32.1. The lowest BCUT2D eigenvalue weighted by molar-refractivity contribution is -0.125. The molecule has 0 bridgehead atoms. The monoisotopic (exact) mass is 732 g/mol. The maximum Gasteiger partial charge on any atom is 0.407 e. The second-order valence-electron chi connectivity index (χ2n) is 13.5. The summed E-state index contributed by atoms with van der Waals surface area (Å²) in [6.45, 7) is 4.16. The molecule has 4 amide bonds. The molecule has 1 aliphatic rings. The molecule has 4 aromatic rings. The molecule has 11 nitrogen and oxygen atoms in total. The molecule has 0 spiro atoms. The molecule has 4 N–H and O–H groups in total. The number of amides is 4. The van der Waals surface area contributed by atoms with Gasteiger partial charge in [0.2, 0.25) is 5.91 Å². The maximum absolute atomic E-state index is 13.9. The van der Waals surface area contributed by atoms with Crippen molar-refractivity contribution in [3.05, 3.63) is 104 Å². The van der Waals surface area contributed by atoms with Crippen molar-refractivity contribution in [3.8, 4) is 0 Å². The van der Waals surface area contributed by atoms with E-state index in [1.54, 1.807) is 30.1 Å². The smallest absolute Gasteiger partial charge is 0.407 e. The number of aromatic nitrogens is 2. The van der Waals surface area contributed by atoms with Gasteiger partial charge in [-0.15, -0.1) is 22.7 Å². The lowest BCUT2D eigenvalue weighted by Crippen LogP contribution is -2.57. The van der Waals surface area contributed by atoms with Crippen LogP contribution in [-0.2, 0) is 35.5 Å². The first-order chi connectivity index (χ1) is 24.6. The summed E-state index contributed by atoms with van der Waals surface area (Å²) in [5, 5.41) is 23.8. The van der Waals surface area contributed by atoms with Crippen LogP contribution in [0.3, 0.4) is 0 Å². The summed E-state index contributed by atoms with van der Waals surface area (Å²) in [4.78, 5) is 51.3. The molecule has 0 radical (unpaired) electrons. The van der Waals surface area contributed by atoms with Crippen LogP contribution in [0.1, 0.15) is 72.2 Å². The predicted octanol–water partition coefficient (Wildman–Crippen LogP) is 6.05. The molecule has 5 rings (SSSR count). The fourth-order valence-electron chi connectivity index (χ4n) is 5.96. The maximum atomic E-state index is 13.9. The third-order valence-corrected chi connectivity index (χ3v) is 10.9. The summed E-state index contributed by atoms with van der Waals surface area (Å²) in [5.74, 6) is -0.102. The fourth-order valence-corrected chi connectivity index (χ4v) is 7.45. The number of carbonyl (C=O) groups excluding carboxylic acids is 3. The summed E-state index contributed by atoms with van der Waals surface area (Å²) >= 11 is 3.03. The minimum Gasteiger partial charge on any atom is -0.444 e. The Bertz CT molecular complexity index is 1670. The highest BCUT2D eigenvalue weighted by molar-refractivity contribution is 7.09. The number of carbonyl (C=O) groups is 3. The van der Waals surface area contributed by atoms with E-state index in [9.17, 15) is 19.5 Å². The van der Waals surface area contributed by atoms with E-state index in [4.69, 9.17) is 9.72 Å². The normalized spacial score (nSPS) is 15.2. The van der Waals surface area contributed by atoms with Gasteiger partial charge in [-0.1, -0.05) is 80.9 Å². The van der Waals surface area contributed by atoms with Crippen molar-refractivity contribution in [2.24, 2.45) is 5.92 Å². The lowest BCUT2D eigenvalue weighted by atomic mass is 9.86. The van der Waals surface area contributed by atoms with E-state index in [0.29, 0.717) is 25.3 Å². The average molecular weight is 733 g/mol. The van der Waals surface area contributed by atoms with E-state index >= 15 is 0 Å². The third kappa shape index (κ3) is 11.6. The van der Waals surface area contributed by atoms with Crippen molar-refractivity contribution in [1.82, 2.24) is 30.8 Å². The molecule has 13 heteroatoms. The molecule has 1 unspecified atom stereocenters. The Labute approximate surface area is 307 Å². The molecule has 51 heavy (non-hydrogen) atoms.